The van der Waals surface area contributed by atoms with Crippen LogP contribution in [-0.2, 0) is 4.74 Å². The normalized spacial score (nSPS) is 12.4. The molecule has 2 N–H and O–H groups in total. The van der Waals surface area contributed by atoms with E-state index in [4.69, 9.17) is 4.74 Å². The van der Waals surface area contributed by atoms with Crippen LogP contribution < -0.4 is 5.32 Å². The summed E-state index contributed by atoms with van der Waals surface area (Å²) >= 11 is 0. The van der Waals surface area contributed by atoms with Crippen molar-refractivity contribution in [2.24, 2.45) is 0 Å². The topological polar surface area (TPSA) is 84.6 Å². The molecule has 29 heavy (non-hydrogen) atoms. The second-order valence-corrected chi connectivity index (χ2v) is 6.74. The van der Waals surface area contributed by atoms with Crippen molar-refractivity contribution in [3.8, 4) is 22.5 Å². The Morgan fingerprint density at radius 2 is 2.03 bits per heavy atom. The summed E-state index contributed by atoms with van der Waals surface area (Å²) in [5.74, 6) is 0. The van der Waals surface area contributed by atoms with E-state index in [0.717, 1.165) is 33.9 Å². The zero-order valence-electron chi connectivity index (χ0n) is 16.4. The number of imidazole rings is 1. The van der Waals surface area contributed by atoms with Crippen LogP contribution >= 0.6 is 0 Å². The Balaban J connectivity index is 1.75. The first-order chi connectivity index (χ1) is 14.2. The molecule has 0 amide bonds. The van der Waals surface area contributed by atoms with Crippen molar-refractivity contribution >= 4 is 5.65 Å². The summed E-state index contributed by atoms with van der Waals surface area (Å²) in [5.41, 5.74) is 5.94. The van der Waals surface area contributed by atoms with E-state index < -0.39 is 6.23 Å². The number of methoxy groups -OCH3 is 1. The lowest BCUT2D eigenvalue weighted by Gasteiger charge is -2.14. The van der Waals surface area contributed by atoms with Gasteiger partial charge in [0.2, 0.25) is 0 Å². The number of rotatable bonds is 7. The lowest BCUT2D eigenvalue weighted by Crippen LogP contribution is -2.25. The van der Waals surface area contributed by atoms with Crippen LogP contribution in [-0.4, -0.2) is 44.7 Å². The molecule has 0 aliphatic rings. The van der Waals surface area contributed by atoms with Gasteiger partial charge in [-0.05, 0) is 37.3 Å². The van der Waals surface area contributed by atoms with Gasteiger partial charge in [-0.1, -0.05) is 12.1 Å². The molecule has 4 aromatic heterocycles. The third kappa shape index (κ3) is 4.02. The summed E-state index contributed by atoms with van der Waals surface area (Å²) < 4.78 is 6.92. The highest BCUT2D eigenvalue weighted by molar-refractivity contribution is 5.79. The second kappa shape index (κ2) is 8.48. The first kappa shape index (κ1) is 19.2. The standard InChI is InChI=1S/C22H23N5O2/c1-15-5-3-7-18(26-15)21-17(6-4-10-23-21)16-8-9-20-25-13-19(27(20)14-16)22(28)24-11-12-29-2/h3-10,13-14,22,24,28H,11-12H2,1-2H3. The van der Waals surface area contributed by atoms with E-state index in [1.807, 2.05) is 60.0 Å². The Bertz CT molecular complexity index is 1130. The van der Waals surface area contributed by atoms with Gasteiger partial charge in [0.25, 0.3) is 0 Å². The number of aryl methyl sites for hydroxylation is 1. The van der Waals surface area contributed by atoms with E-state index >= 15 is 0 Å². The Hall–Kier alpha value is -3.13. The van der Waals surface area contributed by atoms with Gasteiger partial charge in [-0.3, -0.25) is 19.7 Å². The van der Waals surface area contributed by atoms with Gasteiger partial charge in [-0.25, -0.2) is 4.98 Å². The molecule has 0 saturated carbocycles. The minimum Gasteiger partial charge on any atom is -0.383 e. The van der Waals surface area contributed by atoms with Crippen LogP contribution in [0.3, 0.4) is 0 Å². The molecule has 0 saturated heterocycles. The molecule has 0 fully saturated rings. The van der Waals surface area contributed by atoms with Crippen molar-refractivity contribution in [2.45, 2.75) is 13.2 Å². The second-order valence-electron chi connectivity index (χ2n) is 6.74. The van der Waals surface area contributed by atoms with E-state index in [-0.39, 0.29) is 0 Å². The fraction of sp³-hybridized carbons (Fsp3) is 0.227. The number of ether oxygens (including phenoxy) is 1. The number of aromatic nitrogens is 4. The van der Waals surface area contributed by atoms with Crippen molar-refractivity contribution in [1.82, 2.24) is 24.7 Å². The van der Waals surface area contributed by atoms with Crippen molar-refractivity contribution < 1.29 is 9.84 Å². The summed E-state index contributed by atoms with van der Waals surface area (Å²) in [6.45, 7) is 3.02. The number of nitrogens with zero attached hydrogens (tertiary/aromatic N) is 4. The molecule has 4 rings (SSSR count). The summed E-state index contributed by atoms with van der Waals surface area (Å²) in [6.07, 6.45) is 4.57. The highest BCUT2D eigenvalue weighted by Gasteiger charge is 2.15. The van der Waals surface area contributed by atoms with Crippen LogP contribution in [0, 0.1) is 6.92 Å². The number of pyridine rings is 3. The van der Waals surface area contributed by atoms with Crippen molar-refractivity contribution in [1.29, 1.82) is 0 Å². The quantitative estimate of drug-likeness (QED) is 0.373. The molecule has 0 bridgehead atoms. The smallest absolute Gasteiger partial charge is 0.148 e. The van der Waals surface area contributed by atoms with Gasteiger partial charge in [0.15, 0.2) is 0 Å². The molecule has 148 valence electrons. The minimum atomic E-state index is -0.845. The van der Waals surface area contributed by atoms with E-state index in [2.05, 4.69) is 20.3 Å². The van der Waals surface area contributed by atoms with Crippen molar-refractivity contribution in [3.05, 3.63) is 72.4 Å². The zero-order valence-corrected chi connectivity index (χ0v) is 16.4. The van der Waals surface area contributed by atoms with Crippen molar-refractivity contribution in [3.63, 3.8) is 0 Å². The summed E-state index contributed by atoms with van der Waals surface area (Å²) in [4.78, 5) is 13.6. The maximum Gasteiger partial charge on any atom is 0.148 e. The SMILES string of the molecule is COCCNC(O)c1cnc2ccc(-c3cccnc3-c3cccc(C)n3)cn12. The fourth-order valence-electron chi connectivity index (χ4n) is 3.28. The van der Waals surface area contributed by atoms with E-state index in [0.29, 0.717) is 18.8 Å². The van der Waals surface area contributed by atoms with Gasteiger partial charge < -0.3 is 9.84 Å². The first-order valence-corrected chi connectivity index (χ1v) is 9.44. The largest absolute Gasteiger partial charge is 0.383 e. The molecule has 0 aromatic carbocycles. The fourth-order valence-corrected chi connectivity index (χ4v) is 3.28. The molecule has 0 spiro atoms. The Labute approximate surface area is 169 Å². The molecule has 1 atom stereocenters. The third-order valence-corrected chi connectivity index (χ3v) is 4.71. The monoisotopic (exact) mass is 389 g/mol. The maximum atomic E-state index is 10.5. The lowest BCUT2D eigenvalue weighted by molar-refractivity contribution is 0.115. The Morgan fingerprint density at radius 1 is 1.14 bits per heavy atom. The van der Waals surface area contributed by atoms with Crippen LogP contribution in [0.1, 0.15) is 17.6 Å². The van der Waals surface area contributed by atoms with Gasteiger partial charge in [0.05, 0.1) is 29.9 Å². The summed E-state index contributed by atoms with van der Waals surface area (Å²) in [7, 11) is 1.63. The molecular formula is C22H23N5O2. The van der Waals surface area contributed by atoms with Gasteiger partial charge in [-0.15, -0.1) is 0 Å². The van der Waals surface area contributed by atoms with Crippen LogP contribution in [0.15, 0.2) is 61.1 Å². The maximum absolute atomic E-state index is 10.5. The number of fused-ring (bicyclic) bond motifs is 1. The van der Waals surface area contributed by atoms with Crippen LogP contribution in [0.5, 0.6) is 0 Å². The number of nitrogens with one attached hydrogen (secondary N) is 1. The number of hydrogen-bond donors (Lipinski definition) is 2. The molecule has 0 aliphatic heterocycles. The average Bonchev–Trinajstić information content (AvgIpc) is 3.17. The molecule has 4 aromatic rings. The Morgan fingerprint density at radius 3 is 2.86 bits per heavy atom. The van der Waals surface area contributed by atoms with Gasteiger partial charge in [-0.2, -0.15) is 0 Å². The molecule has 0 radical (unpaired) electrons. The van der Waals surface area contributed by atoms with Crippen LogP contribution in [0.25, 0.3) is 28.2 Å². The van der Waals surface area contributed by atoms with E-state index in [1.165, 1.54) is 0 Å². The molecular weight excluding hydrogens is 366 g/mol. The molecule has 0 aliphatic carbocycles. The lowest BCUT2D eigenvalue weighted by atomic mass is 10.0. The van der Waals surface area contributed by atoms with Crippen LogP contribution in [0.4, 0.5) is 0 Å². The Kier molecular flexibility index (Phi) is 5.62. The van der Waals surface area contributed by atoms with Gasteiger partial charge in [0, 0.05) is 42.9 Å². The van der Waals surface area contributed by atoms with Gasteiger partial charge in [0.1, 0.15) is 11.9 Å². The predicted octanol–water partition coefficient (Wildman–Crippen LogP) is 2.99. The molecule has 7 heteroatoms. The molecule has 1 unspecified atom stereocenters. The zero-order chi connectivity index (χ0) is 20.2. The summed E-state index contributed by atoms with van der Waals surface area (Å²) in [6, 6.07) is 13.8. The van der Waals surface area contributed by atoms with Crippen LogP contribution in [0.2, 0.25) is 0 Å². The predicted molar refractivity (Wildman–Crippen MR) is 111 cm³/mol. The molecule has 4 heterocycles. The molecule has 7 nitrogen and oxygen atoms in total. The number of aliphatic hydroxyl groups is 1. The highest BCUT2D eigenvalue weighted by Crippen LogP contribution is 2.30. The van der Waals surface area contributed by atoms with Gasteiger partial charge >= 0.3 is 0 Å². The number of aliphatic hydroxyl groups excluding tert-OH is 1. The third-order valence-electron chi connectivity index (χ3n) is 4.71. The minimum absolute atomic E-state index is 0.515. The van der Waals surface area contributed by atoms with E-state index in [1.54, 1.807) is 19.5 Å². The average molecular weight is 389 g/mol. The highest BCUT2D eigenvalue weighted by atomic mass is 16.5. The summed E-state index contributed by atoms with van der Waals surface area (Å²) in [5, 5.41) is 13.5. The van der Waals surface area contributed by atoms with Crippen molar-refractivity contribution in [2.75, 3.05) is 20.3 Å². The number of hydrogen-bond acceptors (Lipinski definition) is 6. The van der Waals surface area contributed by atoms with E-state index in [9.17, 15) is 5.11 Å². The first-order valence-electron chi connectivity index (χ1n) is 9.44.